The zero-order chi connectivity index (χ0) is 19.7. The Hall–Kier alpha value is -2.48. The fourth-order valence-electron chi connectivity index (χ4n) is 3.99. The molecule has 2 amide bonds. The second-order valence-corrected chi connectivity index (χ2v) is 8.08. The predicted octanol–water partition coefficient (Wildman–Crippen LogP) is 2.51. The van der Waals surface area contributed by atoms with Crippen LogP contribution in [-0.4, -0.2) is 45.6 Å². The van der Waals surface area contributed by atoms with Crippen LogP contribution in [0.4, 0.5) is 9.18 Å². The average molecular weight is 387 g/mol. The summed E-state index contributed by atoms with van der Waals surface area (Å²) in [7, 11) is 0. The van der Waals surface area contributed by atoms with Gasteiger partial charge in [0, 0.05) is 43.6 Å². The number of hydrogen-bond acceptors (Lipinski definition) is 4. The van der Waals surface area contributed by atoms with E-state index in [-0.39, 0.29) is 23.5 Å². The molecule has 1 fully saturated rings. The third kappa shape index (κ3) is 3.87. The number of hydrogen-bond donors (Lipinski definition) is 2. The van der Waals surface area contributed by atoms with E-state index < -0.39 is 0 Å². The maximum absolute atomic E-state index is 13.2. The molecule has 4 rings (SSSR count). The van der Waals surface area contributed by atoms with Crippen molar-refractivity contribution in [2.75, 3.05) is 13.2 Å². The number of nitrogens with zero attached hydrogens (tertiary/aromatic N) is 3. The molecular weight excluding hydrogens is 361 g/mol. The topological polar surface area (TPSA) is 81.1 Å². The number of rotatable bonds is 4. The van der Waals surface area contributed by atoms with Crippen molar-refractivity contribution in [1.29, 1.82) is 0 Å². The van der Waals surface area contributed by atoms with Crippen LogP contribution in [0.2, 0.25) is 0 Å². The molecule has 3 heterocycles. The summed E-state index contributed by atoms with van der Waals surface area (Å²) in [4.78, 5) is 12.4. The van der Waals surface area contributed by atoms with Crippen molar-refractivity contribution in [1.82, 2.24) is 25.4 Å². The van der Waals surface area contributed by atoms with E-state index in [4.69, 9.17) is 4.74 Å². The molecule has 1 aromatic carbocycles. The van der Waals surface area contributed by atoms with Crippen molar-refractivity contribution < 1.29 is 13.9 Å². The molecule has 2 aliphatic heterocycles. The van der Waals surface area contributed by atoms with Crippen molar-refractivity contribution in [3.05, 3.63) is 35.9 Å². The fraction of sp³-hybridized carbons (Fsp3) is 0.550. The highest BCUT2D eigenvalue weighted by molar-refractivity contribution is 5.74. The summed E-state index contributed by atoms with van der Waals surface area (Å²) in [5, 5.41) is 14.6. The molecule has 0 radical (unpaired) electrons. The minimum Gasteiger partial charge on any atom is -0.375 e. The number of carbonyl (C=O) groups excluding carboxylic acids is 1. The number of amides is 2. The molecule has 2 N–H and O–H groups in total. The Morgan fingerprint density at radius 3 is 2.79 bits per heavy atom. The molecular formula is C20H26FN5O2. The Balaban J connectivity index is 1.37. The summed E-state index contributed by atoms with van der Waals surface area (Å²) < 4.78 is 20.9. The number of aryl methyl sites for hydroxylation is 1. The summed E-state index contributed by atoms with van der Waals surface area (Å²) in [5.74, 6) is 1.63. The molecule has 0 spiro atoms. The molecule has 0 aliphatic carbocycles. The lowest BCUT2D eigenvalue weighted by Crippen LogP contribution is -2.48. The number of halogens is 1. The first-order chi connectivity index (χ1) is 13.4. The van der Waals surface area contributed by atoms with Gasteiger partial charge in [0.1, 0.15) is 11.6 Å². The van der Waals surface area contributed by atoms with Crippen LogP contribution < -0.4 is 10.6 Å². The second-order valence-electron chi connectivity index (χ2n) is 8.08. The van der Waals surface area contributed by atoms with Crippen LogP contribution in [0.5, 0.6) is 0 Å². The lowest BCUT2D eigenvalue weighted by molar-refractivity contribution is 0.0120. The number of aromatic nitrogens is 3. The molecule has 2 aromatic rings. The quantitative estimate of drug-likeness (QED) is 0.845. The summed E-state index contributed by atoms with van der Waals surface area (Å²) in [5.41, 5.74) is 0.619. The van der Waals surface area contributed by atoms with E-state index in [2.05, 4.69) is 34.7 Å². The van der Waals surface area contributed by atoms with E-state index in [1.807, 2.05) is 4.57 Å². The third-order valence-electron chi connectivity index (χ3n) is 5.82. The molecule has 7 nitrogen and oxygen atoms in total. The number of nitrogens with one attached hydrogen (secondary N) is 2. The molecule has 1 saturated heterocycles. The fourth-order valence-corrected chi connectivity index (χ4v) is 3.99. The highest BCUT2D eigenvalue weighted by Crippen LogP contribution is 2.30. The SMILES string of the molecule is CC1(C)OCCC1CNC(=O)NC1CCc2nnc(-c3ccc(F)cc3)n2C1. The van der Waals surface area contributed by atoms with Crippen LogP contribution in [0, 0.1) is 11.7 Å². The van der Waals surface area contributed by atoms with Gasteiger partial charge in [0.2, 0.25) is 0 Å². The molecule has 0 bridgehead atoms. The first-order valence-corrected chi connectivity index (χ1v) is 9.79. The average Bonchev–Trinajstić information content (AvgIpc) is 3.23. The first-order valence-electron chi connectivity index (χ1n) is 9.79. The van der Waals surface area contributed by atoms with E-state index in [0.717, 1.165) is 37.3 Å². The summed E-state index contributed by atoms with van der Waals surface area (Å²) in [6, 6.07) is 6.06. The van der Waals surface area contributed by atoms with Crippen LogP contribution in [0.1, 0.15) is 32.5 Å². The monoisotopic (exact) mass is 387 g/mol. The van der Waals surface area contributed by atoms with E-state index in [1.165, 1.54) is 12.1 Å². The van der Waals surface area contributed by atoms with Crippen molar-refractivity contribution in [3.8, 4) is 11.4 Å². The summed E-state index contributed by atoms with van der Waals surface area (Å²) >= 11 is 0. The van der Waals surface area contributed by atoms with Crippen molar-refractivity contribution in [2.24, 2.45) is 5.92 Å². The standard InChI is InChI=1S/C20H26FN5O2/c1-20(2)14(9-10-28-20)11-22-19(27)23-16-7-8-17-24-25-18(26(17)12-16)13-3-5-15(21)6-4-13/h3-6,14,16H,7-12H2,1-2H3,(H2,22,23,27). The number of benzene rings is 1. The van der Waals surface area contributed by atoms with Gasteiger partial charge in [-0.2, -0.15) is 0 Å². The second kappa shape index (κ2) is 7.50. The molecule has 2 atom stereocenters. The third-order valence-corrected chi connectivity index (χ3v) is 5.82. The Bertz CT molecular complexity index is 849. The number of fused-ring (bicyclic) bond motifs is 1. The van der Waals surface area contributed by atoms with Crippen LogP contribution >= 0.6 is 0 Å². The molecule has 1 aromatic heterocycles. The summed E-state index contributed by atoms with van der Waals surface area (Å²) in [6.45, 7) is 6.07. The molecule has 2 aliphatic rings. The predicted molar refractivity (Wildman–Crippen MR) is 102 cm³/mol. The molecule has 28 heavy (non-hydrogen) atoms. The normalized spacial score (nSPS) is 23.2. The van der Waals surface area contributed by atoms with Crippen molar-refractivity contribution in [3.63, 3.8) is 0 Å². The van der Waals surface area contributed by atoms with Gasteiger partial charge >= 0.3 is 6.03 Å². The van der Waals surface area contributed by atoms with Crippen molar-refractivity contribution in [2.45, 2.75) is 51.3 Å². The van der Waals surface area contributed by atoms with Crippen LogP contribution in [0.3, 0.4) is 0 Å². The largest absolute Gasteiger partial charge is 0.375 e. The Kier molecular flexibility index (Phi) is 5.05. The minimum absolute atomic E-state index is 0.00413. The molecule has 150 valence electrons. The zero-order valence-electron chi connectivity index (χ0n) is 16.2. The minimum atomic E-state index is -0.283. The summed E-state index contributed by atoms with van der Waals surface area (Å²) in [6.07, 6.45) is 2.51. The van der Waals surface area contributed by atoms with Crippen molar-refractivity contribution >= 4 is 6.03 Å². The van der Waals surface area contributed by atoms with Gasteiger partial charge in [0.05, 0.1) is 5.60 Å². The van der Waals surface area contributed by atoms with Gasteiger partial charge in [-0.1, -0.05) is 0 Å². The molecule has 8 heteroatoms. The number of carbonyl (C=O) groups is 1. The van der Waals surface area contributed by atoms with Crippen LogP contribution in [0.15, 0.2) is 24.3 Å². The van der Waals surface area contributed by atoms with E-state index >= 15 is 0 Å². The van der Waals surface area contributed by atoms with E-state index in [1.54, 1.807) is 12.1 Å². The molecule has 2 unspecified atom stereocenters. The maximum Gasteiger partial charge on any atom is 0.315 e. The maximum atomic E-state index is 13.2. The Morgan fingerprint density at radius 2 is 2.07 bits per heavy atom. The van der Waals surface area contributed by atoms with Gasteiger partial charge < -0.3 is 19.9 Å². The smallest absolute Gasteiger partial charge is 0.315 e. The van der Waals surface area contributed by atoms with Gasteiger partial charge in [-0.3, -0.25) is 0 Å². The lowest BCUT2D eigenvalue weighted by atomic mass is 9.91. The number of urea groups is 1. The van der Waals surface area contributed by atoms with Gasteiger partial charge in [-0.25, -0.2) is 9.18 Å². The zero-order valence-corrected chi connectivity index (χ0v) is 16.2. The van der Waals surface area contributed by atoms with Gasteiger partial charge in [0.25, 0.3) is 0 Å². The van der Waals surface area contributed by atoms with E-state index in [9.17, 15) is 9.18 Å². The van der Waals surface area contributed by atoms with E-state index in [0.29, 0.717) is 24.8 Å². The Morgan fingerprint density at radius 1 is 1.29 bits per heavy atom. The molecule has 0 saturated carbocycles. The van der Waals surface area contributed by atoms with Gasteiger partial charge in [0.15, 0.2) is 5.82 Å². The first kappa shape index (κ1) is 18.9. The van der Waals surface area contributed by atoms with Crippen LogP contribution in [-0.2, 0) is 17.7 Å². The lowest BCUT2D eigenvalue weighted by Gasteiger charge is -2.28. The Labute approximate surface area is 163 Å². The van der Waals surface area contributed by atoms with Crippen LogP contribution in [0.25, 0.3) is 11.4 Å². The number of ether oxygens (including phenoxy) is 1. The highest BCUT2D eigenvalue weighted by atomic mass is 19.1. The van der Waals surface area contributed by atoms with Gasteiger partial charge in [-0.15, -0.1) is 10.2 Å². The van der Waals surface area contributed by atoms with Gasteiger partial charge in [-0.05, 0) is 51.0 Å². The highest BCUT2D eigenvalue weighted by Gasteiger charge is 2.35.